The fraction of sp³-hybridized carbons (Fsp3) is 0.292. The summed E-state index contributed by atoms with van der Waals surface area (Å²) in [6, 6.07) is 9.79. The lowest BCUT2D eigenvalue weighted by Gasteiger charge is -2.35. The Morgan fingerprint density at radius 1 is 1.33 bits per heavy atom. The second-order valence-corrected chi connectivity index (χ2v) is 8.72. The van der Waals surface area contributed by atoms with Gasteiger partial charge in [0.05, 0.1) is 16.8 Å². The van der Waals surface area contributed by atoms with E-state index in [4.69, 9.17) is 10.00 Å². The van der Waals surface area contributed by atoms with Crippen molar-refractivity contribution in [2.45, 2.75) is 37.9 Å². The third-order valence-corrected chi connectivity index (χ3v) is 6.21. The number of nitrogens with one attached hydrogen (secondary N) is 2. The first kappa shape index (κ1) is 23.3. The molecule has 1 atom stereocenters. The quantitative estimate of drug-likeness (QED) is 0.572. The van der Waals surface area contributed by atoms with Gasteiger partial charge in [-0.3, -0.25) is 9.59 Å². The number of carbonyl (C=O) groups excluding carboxylic acids is 2. The van der Waals surface area contributed by atoms with Gasteiger partial charge in [-0.05, 0) is 48.2 Å². The zero-order chi connectivity index (χ0) is 25.7. The summed E-state index contributed by atoms with van der Waals surface area (Å²) >= 11 is 0. The molecule has 0 unspecified atom stereocenters. The van der Waals surface area contributed by atoms with Crippen molar-refractivity contribution in [2.24, 2.45) is 0 Å². The van der Waals surface area contributed by atoms with Crippen molar-refractivity contribution in [3.63, 3.8) is 0 Å². The minimum Gasteiger partial charge on any atom is -0.484 e. The van der Waals surface area contributed by atoms with Crippen LogP contribution in [0, 0.1) is 11.3 Å². The number of anilines is 1. The summed E-state index contributed by atoms with van der Waals surface area (Å²) in [6.07, 6.45) is -1.72. The summed E-state index contributed by atoms with van der Waals surface area (Å²) in [7, 11) is 0. The second kappa shape index (κ2) is 8.37. The van der Waals surface area contributed by atoms with Gasteiger partial charge >= 0.3 is 6.18 Å². The van der Waals surface area contributed by atoms with Crippen molar-refractivity contribution in [1.82, 2.24) is 20.1 Å². The van der Waals surface area contributed by atoms with Crippen molar-refractivity contribution in [3.8, 4) is 17.6 Å². The van der Waals surface area contributed by atoms with Crippen LogP contribution >= 0.6 is 0 Å². The predicted molar refractivity (Wildman–Crippen MR) is 120 cm³/mol. The minimum absolute atomic E-state index is 0.107. The Morgan fingerprint density at radius 3 is 2.81 bits per heavy atom. The maximum absolute atomic E-state index is 13.4. The number of amides is 2. The average Bonchev–Trinajstić information content (AvgIpc) is 3.35. The van der Waals surface area contributed by atoms with E-state index in [1.807, 2.05) is 6.07 Å². The number of hydrogen-bond donors (Lipinski definition) is 2. The zero-order valence-corrected chi connectivity index (χ0v) is 18.9. The molecular formula is C24H19F3N6O3. The van der Waals surface area contributed by atoms with E-state index in [1.165, 1.54) is 23.9 Å². The molecule has 1 aromatic carbocycles. The first-order valence-corrected chi connectivity index (χ1v) is 11.0. The molecule has 1 aliphatic heterocycles. The third kappa shape index (κ3) is 4.13. The van der Waals surface area contributed by atoms with Gasteiger partial charge in [-0.15, -0.1) is 0 Å². The van der Waals surface area contributed by atoms with Gasteiger partial charge in [-0.2, -0.15) is 28.2 Å². The first-order chi connectivity index (χ1) is 17.1. The molecule has 12 heteroatoms. The number of pyridine rings is 1. The number of ether oxygens (including phenoxy) is 1. The Morgan fingerprint density at radius 2 is 2.14 bits per heavy atom. The van der Waals surface area contributed by atoms with E-state index in [0.717, 1.165) is 11.1 Å². The lowest BCUT2D eigenvalue weighted by atomic mass is 9.82. The molecule has 2 aromatic heterocycles. The molecule has 0 fully saturated rings. The van der Waals surface area contributed by atoms with Crippen molar-refractivity contribution >= 4 is 17.6 Å². The van der Waals surface area contributed by atoms with E-state index < -0.39 is 30.1 Å². The summed E-state index contributed by atoms with van der Waals surface area (Å²) in [4.78, 5) is 29.5. The lowest BCUT2D eigenvalue weighted by Crippen LogP contribution is -2.49. The van der Waals surface area contributed by atoms with Gasteiger partial charge in [0.25, 0.3) is 5.91 Å². The minimum atomic E-state index is -4.44. The SMILES string of the molecule is CC(=O)Nc1c2c(nn1-c1ccc(C#N)cn1)C[C@@]1(CCc3cc(OCC(F)(F)F)ccc31)NC2=O. The molecule has 0 radical (unpaired) electrons. The van der Waals surface area contributed by atoms with E-state index in [-0.39, 0.29) is 17.1 Å². The molecule has 36 heavy (non-hydrogen) atoms. The van der Waals surface area contributed by atoms with Gasteiger partial charge < -0.3 is 15.4 Å². The van der Waals surface area contributed by atoms with Gasteiger partial charge in [-0.1, -0.05) is 6.07 Å². The van der Waals surface area contributed by atoms with E-state index in [2.05, 4.69) is 20.7 Å². The summed E-state index contributed by atoms with van der Waals surface area (Å²) < 4.78 is 43.8. The highest BCUT2D eigenvalue weighted by Gasteiger charge is 2.46. The van der Waals surface area contributed by atoms with Crippen LogP contribution in [0.25, 0.3) is 5.82 Å². The van der Waals surface area contributed by atoms with E-state index in [0.29, 0.717) is 36.3 Å². The number of alkyl halides is 3. The highest BCUT2D eigenvalue weighted by Crippen LogP contribution is 2.44. The highest BCUT2D eigenvalue weighted by molar-refractivity contribution is 6.05. The zero-order valence-electron chi connectivity index (χ0n) is 18.9. The number of nitriles is 1. The number of halogens is 3. The molecule has 2 aliphatic rings. The number of hydrogen-bond acceptors (Lipinski definition) is 6. The number of aryl methyl sites for hydroxylation is 1. The Bertz CT molecular complexity index is 1420. The molecule has 0 saturated carbocycles. The highest BCUT2D eigenvalue weighted by atomic mass is 19.4. The molecule has 0 saturated heterocycles. The summed E-state index contributed by atoms with van der Waals surface area (Å²) in [5.41, 5.74) is 1.77. The van der Waals surface area contributed by atoms with Crippen LogP contribution in [0.2, 0.25) is 0 Å². The molecule has 184 valence electrons. The van der Waals surface area contributed by atoms with Crippen LogP contribution in [0.1, 0.15) is 46.1 Å². The van der Waals surface area contributed by atoms with E-state index in [1.54, 1.807) is 24.3 Å². The third-order valence-electron chi connectivity index (χ3n) is 6.21. The monoisotopic (exact) mass is 496 g/mol. The van der Waals surface area contributed by atoms with Gasteiger partial charge in [0.1, 0.15) is 17.4 Å². The second-order valence-electron chi connectivity index (χ2n) is 8.72. The topological polar surface area (TPSA) is 122 Å². The lowest BCUT2D eigenvalue weighted by molar-refractivity contribution is -0.153. The van der Waals surface area contributed by atoms with Crippen molar-refractivity contribution in [2.75, 3.05) is 11.9 Å². The van der Waals surface area contributed by atoms with Crippen LogP contribution in [-0.4, -0.2) is 39.4 Å². The normalized spacial score (nSPS) is 18.2. The molecule has 2 N–H and O–H groups in total. The van der Waals surface area contributed by atoms with Gasteiger partial charge in [0, 0.05) is 19.5 Å². The molecular weight excluding hydrogens is 477 g/mol. The first-order valence-electron chi connectivity index (χ1n) is 11.0. The van der Waals surface area contributed by atoms with Gasteiger partial charge in [0.2, 0.25) is 5.91 Å². The van der Waals surface area contributed by atoms with Crippen LogP contribution in [0.15, 0.2) is 36.5 Å². The maximum atomic E-state index is 13.4. The fourth-order valence-corrected chi connectivity index (χ4v) is 4.76. The van der Waals surface area contributed by atoms with Crippen LogP contribution in [-0.2, 0) is 23.2 Å². The van der Waals surface area contributed by atoms with Gasteiger partial charge in [-0.25, -0.2) is 4.98 Å². The smallest absolute Gasteiger partial charge is 0.422 e. The summed E-state index contributed by atoms with van der Waals surface area (Å²) in [5.74, 6) is -0.262. The van der Waals surface area contributed by atoms with Crippen molar-refractivity contribution in [1.29, 1.82) is 5.26 Å². The Kier molecular flexibility index (Phi) is 5.43. The van der Waals surface area contributed by atoms with E-state index >= 15 is 0 Å². The van der Waals surface area contributed by atoms with Crippen molar-refractivity contribution in [3.05, 3.63) is 64.5 Å². The molecule has 3 aromatic rings. The molecule has 0 bridgehead atoms. The van der Waals surface area contributed by atoms with Crippen LogP contribution in [0.3, 0.4) is 0 Å². The Balaban J connectivity index is 1.52. The standard InChI is InChI=1S/C24H19F3N6O3/c1-13(34)30-21-20-18(32-33(21)19-5-2-14(10-28)11-29-19)9-23(31-22(20)35)7-6-15-8-16(3-4-17(15)23)36-12-24(25,26)27/h2-5,8,11H,6-7,9,12H2,1H3,(H,30,34)(H,31,35)/t23-/m1/s1. The number of benzene rings is 1. The molecule has 9 nitrogen and oxygen atoms in total. The predicted octanol–water partition coefficient (Wildman–Crippen LogP) is 3.17. The molecule has 2 amide bonds. The van der Waals surface area contributed by atoms with Crippen LogP contribution in [0.5, 0.6) is 5.75 Å². The maximum Gasteiger partial charge on any atom is 0.422 e. The Labute approximate surface area is 202 Å². The number of fused-ring (bicyclic) bond motifs is 3. The molecule has 1 aliphatic carbocycles. The molecule has 5 rings (SSSR count). The van der Waals surface area contributed by atoms with Crippen LogP contribution < -0.4 is 15.4 Å². The largest absolute Gasteiger partial charge is 0.484 e. The summed E-state index contributed by atoms with van der Waals surface area (Å²) in [6.45, 7) is -0.0758. The average molecular weight is 496 g/mol. The molecule has 1 spiro atoms. The number of nitrogens with zero attached hydrogens (tertiary/aromatic N) is 4. The van der Waals surface area contributed by atoms with Crippen molar-refractivity contribution < 1.29 is 27.5 Å². The number of rotatable bonds is 4. The van der Waals surface area contributed by atoms with Gasteiger partial charge in [0.15, 0.2) is 18.2 Å². The molecule has 3 heterocycles. The summed E-state index contributed by atoms with van der Waals surface area (Å²) in [5, 5.41) is 19.3. The number of aromatic nitrogens is 3. The van der Waals surface area contributed by atoms with E-state index in [9.17, 15) is 22.8 Å². The number of carbonyl (C=O) groups is 2. The van der Waals surface area contributed by atoms with Crippen LogP contribution in [0.4, 0.5) is 19.0 Å². The fourth-order valence-electron chi connectivity index (χ4n) is 4.76. The Hall–Kier alpha value is -4.40.